The largest absolute Gasteiger partial charge is 0.481 e. The first kappa shape index (κ1) is 18.3. The summed E-state index contributed by atoms with van der Waals surface area (Å²) < 4.78 is 3.60. The van der Waals surface area contributed by atoms with Gasteiger partial charge in [-0.3, -0.25) is 0 Å². The van der Waals surface area contributed by atoms with Gasteiger partial charge in [0.1, 0.15) is 0 Å². The van der Waals surface area contributed by atoms with Gasteiger partial charge in [-0.2, -0.15) is 0 Å². The molecule has 21 heavy (non-hydrogen) atoms. The van der Waals surface area contributed by atoms with Crippen LogP contribution in [0.5, 0.6) is 0 Å². The Hall–Kier alpha value is -0.750. The van der Waals surface area contributed by atoms with E-state index in [1.807, 2.05) is 31.2 Å². The van der Waals surface area contributed by atoms with Gasteiger partial charge in [-0.1, -0.05) is 52.5 Å². The third-order valence-corrected chi connectivity index (χ3v) is 3.49. The molecular weight excluding hydrogens is 353 g/mol. The van der Waals surface area contributed by atoms with Gasteiger partial charge in [0.05, 0.1) is 7.11 Å². The highest BCUT2D eigenvalue weighted by molar-refractivity contribution is 7.80. The first-order chi connectivity index (χ1) is 9.77. The van der Waals surface area contributed by atoms with Crippen molar-refractivity contribution in [2.75, 3.05) is 14.2 Å². The highest BCUT2D eigenvalue weighted by Gasteiger charge is 2.33. The molecule has 8 heteroatoms. The minimum atomic E-state index is -1.69. The second kappa shape index (κ2) is 8.03. The molecule has 116 valence electrons. The van der Waals surface area contributed by atoms with Crippen LogP contribution < -0.4 is 10.6 Å². The molecule has 0 fully saturated rings. The number of hydrogen-bond acceptors (Lipinski definition) is 3. The summed E-state index contributed by atoms with van der Waals surface area (Å²) in [6.07, 6.45) is -0.890. The second-order valence-corrected chi connectivity index (χ2v) is 6.95. The van der Waals surface area contributed by atoms with Gasteiger partial charge in [0.15, 0.2) is 11.3 Å². The van der Waals surface area contributed by atoms with Crippen molar-refractivity contribution in [3.05, 3.63) is 35.4 Å². The van der Waals surface area contributed by atoms with Gasteiger partial charge in [-0.15, -0.1) is 0 Å². The van der Waals surface area contributed by atoms with E-state index < -0.39 is 9.96 Å². The number of alkyl halides is 3. The number of halogens is 3. The lowest BCUT2D eigenvalue weighted by Gasteiger charge is -2.23. The van der Waals surface area contributed by atoms with Gasteiger partial charge in [-0.05, 0) is 31.3 Å². The summed E-state index contributed by atoms with van der Waals surface area (Å²) in [5.41, 5.74) is 1.90. The van der Waals surface area contributed by atoms with Crippen LogP contribution in [-0.4, -0.2) is 35.1 Å². The Morgan fingerprint density at radius 2 is 1.86 bits per heavy atom. The maximum absolute atomic E-state index is 5.93. The highest BCUT2D eigenvalue weighted by atomic mass is 35.6. The Bertz CT molecular complexity index is 514. The van der Waals surface area contributed by atoms with Crippen molar-refractivity contribution >= 4 is 58.0 Å². The van der Waals surface area contributed by atoms with E-state index in [-0.39, 0.29) is 0 Å². The fourth-order valence-corrected chi connectivity index (χ4v) is 1.86. The number of hydrogen-bond donors (Lipinski definition) is 2. The first-order valence-corrected chi connectivity index (χ1v) is 7.56. The molecule has 0 unspecified atom stereocenters. The van der Waals surface area contributed by atoms with E-state index in [0.717, 1.165) is 11.1 Å². The normalized spacial score (nSPS) is 13.5. The maximum atomic E-state index is 5.93. The van der Waals surface area contributed by atoms with E-state index >= 15 is 0 Å². The minimum Gasteiger partial charge on any atom is -0.481 e. The summed E-state index contributed by atoms with van der Waals surface area (Å²) >= 11 is 22.8. The Labute approximate surface area is 144 Å². The quantitative estimate of drug-likeness (QED) is 0.372. The number of thiocarbonyl (C=S) groups is 1. The Balaban J connectivity index is 3.10. The smallest absolute Gasteiger partial charge is 0.230 e. The van der Waals surface area contributed by atoms with Gasteiger partial charge >= 0.3 is 0 Å². The van der Waals surface area contributed by atoms with Crippen molar-refractivity contribution in [1.29, 1.82) is 0 Å². The van der Waals surface area contributed by atoms with Gasteiger partial charge in [0, 0.05) is 12.6 Å². The molecule has 1 rings (SSSR count). The van der Waals surface area contributed by atoms with Gasteiger partial charge in [-0.25, -0.2) is 4.99 Å². The average molecular weight is 369 g/mol. The summed E-state index contributed by atoms with van der Waals surface area (Å²) in [6, 6.07) is 7.65. The van der Waals surface area contributed by atoms with Crippen molar-refractivity contribution in [1.82, 2.24) is 10.6 Å². The van der Waals surface area contributed by atoms with Crippen molar-refractivity contribution < 1.29 is 4.74 Å². The molecule has 0 aliphatic rings. The topological polar surface area (TPSA) is 45.7 Å². The van der Waals surface area contributed by atoms with E-state index in [1.54, 1.807) is 7.05 Å². The van der Waals surface area contributed by atoms with Crippen molar-refractivity contribution in [3.8, 4) is 0 Å². The average Bonchev–Trinajstić information content (AvgIpc) is 2.43. The molecule has 1 aromatic rings. The molecule has 2 N–H and O–H groups in total. The number of aliphatic imine (C=N–C) groups is 1. The molecule has 0 bridgehead atoms. The number of nitrogens with zero attached hydrogens (tertiary/aromatic N) is 1. The van der Waals surface area contributed by atoms with Gasteiger partial charge in [0.25, 0.3) is 0 Å². The van der Waals surface area contributed by atoms with Crippen molar-refractivity contribution in [3.63, 3.8) is 0 Å². The molecule has 0 heterocycles. The zero-order valence-electron chi connectivity index (χ0n) is 11.8. The Kier molecular flexibility index (Phi) is 7.00. The molecule has 0 spiro atoms. The number of aryl methyl sites for hydroxylation is 1. The lowest BCUT2D eigenvalue weighted by Crippen LogP contribution is -2.46. The van der Waals surface area contributed by atoms with Crippen LogP contribution in [0.2, 0.25) is 0 Å². The lowest BCUT2D eigenvalue weighted by molar-refractivity contribution is 0.397. The third kappa shape index (κ3) is 5.87. The number of rotatable bonds is 3. The summed E-state index contributed by atoms with van der Waals surface area (Å²) in [4.78, 5) is 4.31. The molecule has 0 aliphatic carbocycles. The molecule has 0 amide bonds. The molecule has 1 aromatic carbocycles. The molecule has 0 aromatic heterocycles. The number of nitrogens with one attached hydrogen (secondary N) is 2. The summed E-state index contributed by atoms with van der Waals surface area (Å²) in [5, 5.41) is 5.86. The molecular formula is C13H16Cl3N3OS. The van der Waals surface area contributed by atoms with Crippen LogP contribution in [0, 0.1) is 6.92 Å². The number of benzene rings is 1. The van der Waals surface area contributed by atoms with Crippen LogP contribution in [0.25, 0.3) is 0 Å². The SMILES string of the molecule is CNC(=S)N[C@@H](N=C(OC)c1ccc(C)cc1)C(Cl)(Cl)Cl. The van der Waals surface area contributed by atoms with Crippen LogP contribution in [0.1, 0.15) is 11.1 Å². The number of ether oxygens (including phenoxy) is 1. The molecule has 1 atom stereocenters. The first-order valence-electron chi connectivity index (χ1n) is 6.01. The van der Waals surface area contributed by atoms with Gasteiger partial charge in [0.2, 0.25) is 9.69 Å². The van der Waals surface area contributed by atoms with Crippen molar-refractivity contribution in [2.45, 2.75) is 16.9 Å². The minimum absolute atomic E-state index is 0.314. The van der Waals surface area contributed by atoms with E-state index in [9.17, 15) is 0 Å². The molecule has 0 aliphatic heterocycles. The van der Waals surface area contributed by atoms with Crippen molar-refractivity contribution in [2.24, 2.45) is 4.99 Å². The second-order valence-electron chi connectivity index (χ2n) is 4.17. The van der Waals surface area contributed by atoms with Gasteiger partial charge < -0.3 is 15.4 Å². The van der Waals surface area contributed by atoms with E-state index in [1.165, 1.54) is 7.11 Å². The molecule has 4 nitrogen and oxygen atoms in total. The predicted octanol–water partition coefficient (Wildman–Crippen LogP) is 3.18. The standard InChI is InChI=1S/C13H16Cl3N3OS/c1-8-4-6-9(7-5-8)10(20-3)18-11(13(14,15)16)19-12(21)17-2/h4-7,11H,1-3H3,(H2,17,19,21)/t11-/m1/s1. The zero-order chi connectivity index (χ0) is 16.0. The molecule has 0 radical (unpaired) electrons. The van der Waals surface area contributed by atoms with Crippen LogP contribution in [0.3, 0.4) is 0 Å². The maximum Gasteiger partial charge on any atom is 0.230 e. The summed E-state index contributed by atoms with van der Waals surface area (Å²) in [5.74, 6) is 0.345. The fourth-order valence-electron chi connectivity index (χ4n) is 1.44. The summed E-state index contributed by atoms with van der Waals surface area (Å²) in [6.45, 7) is 1.99. The van der Waals surface area contributed by atoms with Crippen LogP contribution in [-0.2, 0) is 4.74 Å². The third-order valence-electron chi connectivity index (χ3n) is 2.54. The highest BCUT2D eigenvalue weighted by Crippen LogP contribution is 2.31. The summed E-state index contributed by atoms with van der Waals surface area (Å²) in [7, 11) is 3.16. The monoisotopic (exact) mass is 367 g/mol. The van der Waals surface area contributed by atoms with E-state index in [4.69, 9.17) is 51.8 Å². The van der Waals surface area contributed by atoms with Crippen LogP contribution >= 0.6 is 47.0 Å². The van der Waals surface area contributed by atoms with E-state index in [2.05, 4.69) is 15.6 Å². The van der Waals surface area contributed by atoms with E-state index in [0.29, 0.717) is 11.0 Å². The fraction of sp³-hybridized carbons (Fsp3) is 0.385. The Morgan fingerprint density at radius 1 is 1.29 bits per heavy atom. The lowest BCUT2D eigenvalue weighted by atomic mass is 10.1. The molecule has 0 saturated heterocycles. The van der Waals surface area contributed by atoms with Crippen LogP contribution in [0.15, 0.2) is 29.3 Å². The molecule has 0 saturated carbocycles. The predicted molar refractivity (Wildman–Crippen MR) is 93.6 cm³/mol. The number of methoxy groups -OCH3 is 1. The van der Waals surface area contributed by atoms with Crippen LogP contribution in [0.4, 0.5) is 0 Å². The Morgan fingerprint density at radius 3 is 2.29 bits per heavy atom. The zero-order valence-corrected chi connectivity index (χ0v) is 14.9.